The maximum atomic E-state index is 11.7. The Kier molecular flexibility index (Phi) is 6.20. The Morgan fingerprint density at radius 1 is 1.43 bits per heavy atom. The molecule has 2 N–H and O–H groups in total. The predicted octanol–water partition coefficient (Wildman–Crippen LogP) is 3.29. The van der Waals surface area contributed by atoms with Crippen molar-refractivity contribution in [1.29, 1.82) is 0 Å². The van der Waals surface area contributed by atoms with E-state index in [1.807, 2.05) is 23.8 Å². The van der Waals surface area contributed by atoms with Crippen molar-refractivity contribution in [3.05, 3.63) is 22.4 Å². The van der Waals surface area contributed by atoms with E-state index in [9.17, 15) is 14.7 Å². The number of amides is 1. The number of aryl methyl sites for hydroxylation is 1. The van der Waals surface area contributed by atoms with Crippen molar-refractivity contribution in [3.63, 3.8) is 0 Å². The van der Waals surface area contributed by atoms with Gasteiger partial charge in [-0.3, -0.25) is 0 Å². The van der Waals surface area contributed by atoms with Crippen LogP contribution in [0.2, 0.25) is 0 Å². The molecule has 0 saturated heterocycles. The number of hydrogen-bond acceptors (Lipinski definition) is 4. The van der Waals surface area contributed by atoms with Gasteiger partial charge in [0.25, 0.3) is 0 Å². The number of carbonyl (C=O) groups is 2. The van der Waals surface area contributed by atoms with Crippen molar-refractivity contribution in [2.75, 3.05) is 0 Å². The molecule has 1 aromatic heterocycles. The summed E-state index contributed by atoms with van der Waals surface area (Å²) in [4.78, 5) is 23.1. The highest BCUT2D eigenvalue weighted by Crippen LogP contribution is 2.16. The fourth-order valence-corrected chi connectivity index (χ4v) is 2.58. The molecule has 0 unspecified atom stereocenters. The molecule has 1 aromatic rings. The Hall–Kier alpha value is -1.56. The van der Waals surface area contributed by atoms with Crippen LogP contribution in [0.1, 0.15) is 39.7 Å². The molecule has 0 aliphatic carbocycles. The predicted molar refractivity (Wildman–Crippen MR) is 82.6 cm³/mol. The van der Waals surface area contributed by atoms with Gasteiger partial charge in [0, 0.05) is 0 Å². The minimum absolute atomic E-state index is 0.185. The standard InChI is InChI=1S/C15H23NO4S/c1-10(5-6-11-7-8-21-9-11)12(13(17)18)16-14(19)20-15(2,3)4/h7-10,12H,5-6H2,1-4H3,(H,16,19)(H,17,18)/t10-,12+/m1/s1. The molecule has 21 heavy (non-hydrogen) atoms. The highest BCUT2D eigenvalue weighted by atomic mass is 32.1. The van der Waals surface area contributed by atoms with Crippen molar-refractivity contribution in [2.24, 2.45) is 5.92 Å². The summed E-state index contributed by atoms with van der Waals surface area (Å²) in [6.07, 6.45) is 0.783. The van der Waals surface area contributed by atoms with Crippen LogP contribution in [0.15, 0.2) is 16.8 Å². The molecular formula is C15H23NO4S. The quantitative estimate of drug-likeness (QED) is 0.845. The zero-order chi connectivity index (χ0) is 16.0. The molecule has 2 atom stereocenters. The first kappa shape index (κ1) is 17.5. The van der Waals surface area contributed by atoms with Gasteiger partial charge < -0.3 is 15.2 Å². The zero-order valence-electron chi connectivity index (χ0n) is 12.9. The Labute approximate surface area is 129 Å². The highest BCUT2D eigenvalue weighted by Gasteiger charge is 2.28. The number of alkyl carbamates (subject to hydrolysis) is 1. The first-order valence-electron chi connectivity index (χ1n) is 6.92. The summed E-state index contributed by atoms with van der Waals surface area (Å²) in [6, 6.07) is 1.08. The van der Waals surface area contributed by atoms with Crippen LogP contribution >= 0.6 is 11.3 Å². The number of carboxylic acids is 1. The van der Waals surface area contributed by atoms with E-state index in [0.717, 1.165) is 6.42 Å². The fourth-order valence-electron chi connectivity index (χ4n) is 1.88. The van der Waals surface area contributed by atoms with E-state index in [1.54, 1.807) is 32.1 Å². The summed E-state index contributed by atoms with van der Waals surface area (Å²) in [5.74, 6) is -1.23. The molecule has 0 bridgehead atoms. The van der Waals surface area contributed by atoms with E-state index in [1.165, 1.54) is 5.56 Å². The minimum atomic E-state index is -1.04. The van der Waals surface area contributed by atoms with Gasteiger partial charge in [0.1, 0.15) is 11.6 Å². The first-order chi connectivity index (χ1) is 9.69. The van der Waals surface area contributed by atoms with Crippen LogP contribution in [0.3, 0.4) is 0 Å². The third-order valence-electron chi connectivity index (χ3n) is 2.98. The molecule has 0 spiro atoms. The van der Waals surface area contributed by atoms with E-state index in [-0.39, 0.29) is 5.92 Å². The lowest BCUT2D eigenvalue weighted by molar-refractivity contribution is -0.140. The van der Waals surface area contributed by atoms with E-state index in [2.05, 4.69) is 5.32 Å². The van der Waals surface area contributed by atoms with Crippen LogP contribution in [-0.2, 0) is 16.0 Å². The van der Waals surface area contributed by atoms with E-state index in [0.29, 0.717) is 6.42 Å². The summed E-state index contributed by atoms with van der Waals surface area (Å²) in [7, 11) is 0. The Balaban J connectivity index is 2.55. The van der Waals surface area contributed by atoms with E-state index < -0.39 is 23.7 Å². The van der Waals surface area contributed by atoms with Crippen LogP contribution < -0.4 is 5.32 Å². The second-order valence-electron chi connectivity index (χ2n) is 6.11. The third-order valence-corrected chi connectivity index (χ3v) is 3.71. The van der Waals surface area contributed by atoms with Gasteiger partial charge in [-0.1, -0.05) is 6.92 Å². The fraction of sp³-hybridized carbons (Fsp3) is 0.600. The second kappa shape index (κ2) is 7.45. The van der Waals surface area contributed by atoms with Gasteiger partial charge in [0.15, 0.2) is 0 Å². The molecule has 0 aliphatic heterocycles. The SMILES string of the molecule is C[C@H](CCc1ccsc1)[C@H](NC(=O)OC(C)(C)C)C(=O)O. The molecule has 0 saturated carbocycles. The number of nitrogens with one attached hydrogen (secondary N) is 1. The normalized spacial score (nSPS) is 14.3. The molecule has 6 heteroatoms. The average molecular weight is 313 g/mol. The number of hydrogen-bond donors (Lipinski definition) is 2. The molecule has 1 rings (SSSR count). The van der Waals surface area contributed by atoms with E-state index >= 15 is 0 Å². The molecule has 118 valence electrons. The average Bonchev–Trinajstić information content (AvgIpc) is 2.83. The van der Waals surface area contributed by atoms with Crippen molar-refractivity contribution >= 4 is 23.4 Å². The lowest BCUT2D eigenvalue weighted by Crippen LogP contribution is -2.47. The largest absolute Gasteiger partial charge is 0.480 e. The molecule has 0 radical (unpaired) electrons. The van der Waals surface area contributed by atoms with Crippen LogP contribution in [0.25, 0.3) is 0 Å². The Morgan fingerprint density at radius 3 is 2.57 bits per heavy atom. The summed E-state index contributed by atoms with van der Waals surface area (Å²) >= 11 is 1.62. The summed E-state index contributed by atoms with van der Waals surface area (Å²) in [5, 5.41) is 15.8. The van der Waals surface area contributed by atoms with Crippen molar-refractivity contribution in [2.45, 2.75) is 52.2 Å². The third kappa shape index (κ3) is 6.62. The maximum Gasteiger partial charge on any atom is 0.408 e. The van der Waals surface area contributed by atoms with Gasteiger partial charge in [-0.15, -0.1) is 0 Å². The van der Waals surface area contributed by atoms with Crippen LogP contribution in [0.4, 0.5) is 4.79 Å². The molecule has 1 amide bonds. The van der Waals surface area contributed by atoms with Crippen molar-refractivity contribution < 1.29 is 19.4 Å². The highest BCUT2D eigenvalue weighted by molar-refractivity contribution is 7.07. The molecular weight excluding hydrogens is 290 g/mol. The minimum Gasteiger partial charge on any atom is -0.480 e. The number of thiophene rings is 1. The van der Waals surface area contributed by atoms with Crippen LogP contribution in [-0.4, -0.2) is 28.8 Å². The van der Waals surface area contributed by atoms with Gasteiger partial charge in [0.05, 0.1) is 0 Å². The van der Waals surface area contributed by atoms with E-state index in [4.69, 9.17) is 4.74 Å². The summed E-state index contributed by atoms with van der Waals surface area (Å²) in [6.45, 7) is 7.04. The molecule has 0 aromatic carbocycles. The second-order valence-corrected chi connectivity index (χ2v) is 6.89. The number of ether oxygens (including phenoxy) is 1. The van der Waals surface area contributed by atoms with Gasteiger partial charge in [-0.05, 0) is 61.9 Å². The van der Waals surface area contributed by atoms with Crippen LogP contribution in [0.5, 0.6) is 0 Å². The molecule has 1 heterocycles. The summed E-state index contributed by atoms with van der Waals surface area (Å²) < 4.78 is 5.11. The zero-order valence-corrected chi connectivity index (χ0v) is 13.7. The Bertz CT molecular complexity index is 465. The lowest BCUT2D eigenvalue weighted by Gasteiger charge is -2.24. The van der Waals surface area contributed by atoms with Gasteiger partial charge in [0.2, 0.25) is 0 Å². The van der Waals surface area contributed by atoms with Gasteiger partial charge in [-0.2, -0.15) is 11.3 Å². The monoisotopic (exact) mass is 313 g/mol. The topological polar surface area (TPSA) is 75.6 Å². The van der Waals surface area contributed by atoms with Crippen molar-refractivity contribution in [1.82, 2.24) is 5.32 Å². The van der Waals surface area contributed by atoms with Gasteiger partial charge >= 0.3 is 12.1 Å². The number of rotatable bonds is 6. The Morgan fingerprint density at radius 2 is 2.10 bits per heavy atom. The maximum absolute atomic E-state index is 11.7. The number of carboxylic acid groups (broad SMARTS) is 1. The lowest BCUT2D eigenvalue weighted by atomic mass is 9.95. The smallest absolute Gasteiger partial charge is 0.408 e. The molecule has 0 fully saturated rings. The van der Waals surface area contributed by atoms with Crippen molar-refractivity contribution in [3.8, 4) is 0 Å². The number of aliphatic carboxylic acids is 1. The van der Waals surface area contributed by atoms with Crippen LogP contribution in [0, 0.1) is 5.92 Å². The number of carbonyl (C=O) groups excluding carboxylic acids is 1. The summed E-state index contributed by atoms with van der Waals surface area (Å²) in [5.41, 5.74) is 0.542. The molecule has 5 nitrogen and oxygen atoms in total. The van der Waals surface area contributed by atoms with Gasteiger partial charge in [-0.25, -0.2) is 9.59 Å². The molecule has 0 aliphatic rings. The first-order valence-corrected chi connectivity index (χ1v) is 7.86.